The van der Waals surface area contributed by atoms with Crippen molar-refractivity contribution in [1.82, 2.24) is 10.3 Å². The number of carbonyl (C=O) groups excluding carboxylic acids is 1. The fraction of sp³-hybridized carbons (Fsp3) is 0.238. The van der Waals surface area contributed by atoms with Gasteiger partial charge in [0.2, 0.25) is 0 Å². The van der Waals surface area contributed by atoms with E-state index in [1.54, 1.807) is 13.2 Å². The van der Waals surface area contributed by atoms with E-state index >= 15 is 0 Å². The lowest BCUT2D eigenvalue weighted by Gasteiger charge is -2.10. The molecule has 1 atom stereocenters. The Labute approximate surface area is 164 Å². The van der Waals surface area contributed by atoms with Crippen LogP contribution in [0.5, 0.6) is 5.75 Å². The summed E-state index contributed by atoms with van der Waals surface area (Å²) >= 11 is 0. The highest BCUT2D eigenvalue weighted by atomic mass is 35.5. The number of amides is 1. The highest BCUT2D eigenvalue weighted by Gasteiger charge is 2.16. The molecule has 1 amide bonds. The van der Waals surface area contributed by atoms with Crippen molar-refractivity contribution in [2.45, 2.75) is 12.3 Å². The van der Waals surface area contributed by atoms with Gasteiger partial charge in [-0.05, 0) is 60.8 Å². The number of nitrogens with one attached hydrogen (secondary N) is 2. The first-order valence-corrected chi connectivity index (χ1v) is 8.80. The van der Waals surface area contributed by atoms with Gasteiger partial charge in [0.1, 0.15) is 11.4 Å². The van der Waals surface area contributed by atoms with Crippen molar-refractivity contribution in [3.05, 3.63) is 65.9 Å². The molecule has 0 radical (unpaired) electrons. The highest BCUT2D eigenvalue weighted by Crippen LogP contribution is 2.24. The Morgan fingerprint density at radius 1 is 1.15 bits per heavy atom. The van der Waals surface area contributed by atoms with Gasteiger partial charge in [0.05, 0.1) is 12.6 Å². The van der Waals surface area contributed by atoms with Crippen LogP contribution in [-0.4, -0.2) is 31.1 Å². The minimum Gasteiger partial charge on any atom is -0.497 e. The molecular formula is C21H22ClN3O2. The lowest BCUT2D eigenvalue weighted by atomic mass is 9.98. The number of hydrogen-bond donors (Lipinski definition) is 2. The minimum absolute atomic E-state index is 0. The monoisotopic (exact) mass is 383 g/mol. The molecule has 5 nitrogen and oxygen atoms in total. The maximum absolute atomic E-state index is 12.5. The zero-order valence-electron chi connectivity index (χ0n) is 15.1. The van der Waals surface area contributed by atoms with Gasteiger partial charge in [-0.1, -0.05) is 18.2 Å². The molecule has 1 fully saturated rings. The lowest BCUT2D eigenvalue weighted by molar-refractivity contribution is 0.102. The number of nitrogens with zero attached hydrogens (tertiary/aromatic N) is 1. The average molecular weight is 384 g/mol. The summed E-state index contributed by atoms with van der Waals surface area (Å²) in [6.07, 6.45) is 1.16. The molecule has 0 aliphatic carbocycles. The van der Waals surface area contributed by atoms with E-state index in [9.17, 15) is 4.79 Å². The number of anilines is 1. The molecule has 140 valence electrons. The fourth-order valence-corrected chi connectivity index (χ4v) is 3.33. The summed E-state index contributed by atoms with van der Waals surface area (Å²) in [7, 11) is 1.63. The molecule has 3 aromatic rings. The summed E-state index contributed by atoms with van der Waals surface area (Å²) in [5.74, 6) is 1.13. The zero-order chi connectivity index (χ0) is 17.9. The number of pyridine rings is 1. The molecule has 0 saturated carbocycles. The number of halogens is 1. The average Bonchev–Trinajstić information content (AvgIpc) is 3.22. The van der Waals surface area contributed by atoms with Gasteiger partial charge >= 0.3 is 0 Å². The molecule has 27 heavy (non-hydrogen) atoms. The van der Waals surface area contributed by atoms with Crippen molar-refractivity contribution in [2.75, 3.05) is 25.5 Å². The van der Waals surface area contributed by atoms with Crippen LogP contribution in [0.25, 0.3) is 10.9 Å². The Hall–Kier alpha value is -2.63. The Morgan fingerprint density at radius 3 is 2.67 bits per heavy atom. The van der Waals surface area contributed by atoms with Crippen LogP contribution in [-0.2, 0) is 0 Å². The number of ether oxygens (including phenoxy) is 1. The molecule has 6 heteroatoms. The summed E-state index contributed by atoms with van der Waals surface area (Å²) < 4.78 is 5.21. The predicted octanol–water partition coefficient (Wildman–Crippen LogP) is 3.99. The number of methoxy groups -OCH3 is 1. The van der Waals surface area contributed by atoms with E-state index in [-0.39, 0.29) is 18.3 Å². The first kappa shape index (κ1) is 19.1. The van der Waals surface area contributed by atoms with Crippen LogP contribution in [0.15, 0.2) is 54.6 Å². The summed E-state index contributed by atoms with van der Waals surface area (Å²) in [6.45, 7) is 2.10. The predicted molar refractivity (Wildman–Crippen MR) is 110 cm³/mol. The Bertz CT molecular complexity index is 938. The number of hydrogen-bond acceptors (Lipinski definition) is 4. The van der Waals surface area contributed by atoms with Gasteiger partial charge in [-0.15, -0.1) is 12.4 Å². The van der Waals surface area contributed by atoms with Crippen molar-refractivity contribution in [1.29, 1.82) is 0 Å². The van der Waals surface area contributed by atoms with Crippen LogP contribution in [0, 0.1) is 0 Å². The molecule has 0 bridgehead atoms. The topological polar surface area (TPSA) is 63.2 Å². The molecule has 2 N–H and O–H groups in total. The maximum atomic E-state index is 12.5. The summed E-state index contributed by atoms with van der Waals surface area (Å²) in [5.41, 5.74) is 3.25. The van der Waals surface area contributed by atoms with Crippen molar-refractivity contribution >= 4 is 34.9 Å². The van der Waals surface area contributed by atoms with Crippen LogP contribution in [0.1, 0.15) is 28.4 Å². The standard InChI is InChI=1S/C21H21N3O2.ClH/c1-26-18-7-9-19-15(12-18)4-8-20(24-19)21(25)23-17-5-2-14(3-6-17)16-10-11-22-13-16;/h2-9,12,16,22H,10-11,13H2,1H3,(H,23,25);1H/t16-;/m0./s1. The van der Waals surface area contributed by atoms with Crippen molar-refractivity contribution in [3.8, 4) is 5.75 Å². The first-order chi connectivity index (χ1) is 12.7. The molecule has 0 spiro atoms. The third-order valence-electron chi connectivity index (χ3n) is 4.83. The minimum atomic E-state index is -0.210. The van der Waals surface area contributed by atoms with Crippen LogP contribution >= 0.6 is 12.4 Å². The maximum Gasteiger partial charge on any atom is 0.274 e. The van der Waals surface area contributed by atoms with Crippen molar-refractivity contribution in [2.24, 2.45) is 0 Å². The van der Waals surface area contributed by atoms with E-state index in [0.29, 0.717) is 11.6 Å². The number of carbonyl (C=O) groups is 1. The van der Waals surface area contributed by atoms with E-state index in [1.807, 2.05) is 36.4 Å². The van der Waals surface area contributed by atoms with Crippen LogP contribution in [0.4, 0.5) is 5.69 Å². The second kappa shape index (κ2) is 8.37. The third-order valence-corrected chi connectivity index (χ3v) is 4.83. The van der Waals surface area contributed by atoms with Crippen LogP contribution in [0.2, 0.25) is 0 Å². The third kappa shape index (κ3) is 4.21. The molecule has 1 saturated heterocycles. The van der Waals surface area contributed by atoms with E-state index in [1.165, 1.54) is 5.56 Å². The summed E-state index contributed by atoms with van der Waals surface area (Å²) in [6, 6.07) is 17.3. The highest BCUT2D eigenvalue weighted by molar-refractivity contribution is 6.04. The molecule has 2 aromatic carbocycles. The van der Waals surface area contributed by atoms with Crippen molar-refractivity contribution in [3.63, 3.8) is 0 Å². The van der Waals surface area contributed by atoms with Gasteiger partial charge in [0.15, 0.2) is 0 Å². The van der Waals surface area contributed by atoms with E-state index < -0.39 is 0 Å². The van der Waals surface area contributed by atoms with Crippen LogP contribution in [0.3, 0.4) is 0 Å². The number of fused-ring (bicyclic) bond motifs is 1. The van der Waals surface area contributed by atoms with E-state index in [0.717, 1.165) is 41.9 Å². The normalized spacial score (nSPS) is 16.0. The Kier molecular flexibility index (Phi) is 5.94. The van der Waals surface area contributed by atoms with E-state index in [4.69, 9.17) is 4.74 Å². The first-order valence-electron chi connectivity index (χ1n) is 8.80. The molecule has 0 unspecified atom stereocenters. The molecule has 4 rings (SSSR count). The van der Waals surface area contributed by atoms with Gasteiger partial charge < -0.3 is 15.4 Å². The van der Waals surface area contributed by atoms with Gasteiger partial charge in [0.25, 0.3) is 5.91 Å². The second-order valence-corrected chi connectivity index (χ2v) is 6.52. The van der Waals surface area contributed by atoms with Crippen LogP contribution < -0.4 is 15.4 Å². The quantitative estimate of drug-likeness (QED) is 0.715. The smallest absolute Gasteiger partial charge is 0.274 e. The molecule has 1 aliphatic rings. The Balaban J connectivity index is 0.00000210. The second-order valence-electron chi connectivity index (χ2n) is 6.52. The van der Waals surface area contributed by atoms with Gasteiger partial charge in [-0.3, -0.25) is 4.79 Å². The largest absolute Gasteiger partial charge is 0.497 e. The zero-order valence-corrected chi connectivity index (χ0v) is 15.9. The molecule has 1 aromatic heterocycles. The number of rotatable bonds is 4. The fourth-order valence-electron chi connectivity index (χ4n) is 3.33. The molecule has 2 heterocycles. The van der Waals surface area contributed by atoms with Gasteiger partial charge in [-0.2, -0.15) is 0 Å². The van der Waals surface area contributed by atoms with Crippen molar-refractivity contribution < 1.29 is 9.53 Å². The van der Waals surface area contributed by atoms with Gasteiger partial charge in [-0.25, -0.2) is 4.98 Å². The molecule has 1 aliphatic heterocycles. The number of aromatic nitrogens is 1. The Morgan fingerprint density at radius 2 is 1.96 bits per heavy atom. The SMILES string of the molecule is COc1ccc2nc(C(=O)Nc3ccc([C@H]4CCNC4)cc3)ccc2c1.Cl. The number of benzene rings is 2. The van der Waals surface area contributed by atoms with E-state index in [2.05, 4.69) is 27.8 Å². The summed E-state index contributed by atoms with van der Waals surface area (Å²) in [4.78, 5) is 17.0. The lowest BCUT2D eigenvalue weighted by Crippen LogP contribution is -2.13. The molecular weight excluding hydrogens is 362 g/mol. The summed E-state index contributed by atoms with van der Waals surface area (Å²) in [5, 5.41) is 7.24. The van der Waals surface area contributed by atoms with Gasteiger partial charge in [0, 0.05) is 17.6 Å².